The number of nitrogens with zero attached hydrogens (tertiary/aromatic N) is 3. The number of carbonyl (C=O) groups excluding carboxylic acids is 1. The fourth-order valence-electron chi connectivity index (χ4n) is 2.03. The first-order valence-corrected chi connectivity index (χ1v) is 8.82. The quantitative estimate of drug-likeness (QED) is 0.651. The number of aromatic nitrogens is 3. The third-order valence-electron chi connectivity index (χ3n) is 3.19. The average molecular weight is 391 g/mol. The molecule has 0 saturated heterocycles. The lowest BCUT2D eigenvalue weighted by atomic mass is 10.1. The van der Waals surface area contributed by atoms with E-state index >= 15 is 0 Å². The van der Waals surface area contributed by atoms with Crippen molar-refractivity contribution in [3.63, 3.8) is 0 Å². The number of anilines is 1. The zero-order valence-corrected chi connectivity index (χ0v) is 15.1. The lowest BCUT2D eigenvalue weighted by Gasteiger charge is -2.03. The van der Waals surface area contributed by atoms with Gasteiger partial charge < -0.3 is 0 Å². The Labute approximate surface area is 158 Å². The molecule has 0 saturated carbocycles. The summed E-state index contributed by atoms with van der Waals surface area (Å²) in [7, 11) is 0. The Hall–Kier alpha value is -2.28. The molecular weight excluding hydrogens is 379 g/mol. The Kier molecular flexibility index (Phi) is 5.75. The van der Waals surface area contributed by atoms with Gasteiger partial charge in [-0.05, 0) is 23.8 Å². The first kappa shape index (κ1) is 17.5. The van der Waals surface area contributed by atoms with Crippen LogP contribution in [0, 0.1) is 0 Å². The first-order valence-electron chi connectivity index (χ1n) is 7.24. The smallest absolute Gasteiger partial charge is 0.250 e. The van der Waals surface area contributed by atoms with Crippen LogP contribution in [-0.4, -0.2) is 20.9 Å². The van der Waals surface area contributed by atoms with Gasteiger partial charge in [0.2, 0.25) is 5.91 Å². The second kappa shape index (κ2) is 8.20. The highest BCUT2D eigenvalue weighted by Crippen LogP contribution is 2.29. The Balaban J connectivity index is 1.62. The molecule has 0 unspecified atom stereocenters. The van der Waals surface area contributed by atoms with Crippen molar-refractivity contribution in [3.05, 3.63) is 75.2 Å². The topological polar surface area (TPSA) is 67.8 Å². The van der Waals surface area contributed by atoms with E-state index in [4.69, 9.17) is 23.2 Å². The summed E-state index contributed by atoms with van der Waals surface area (Å²) in [5.74, 6) is -0.277. The Morgan fingerprint density at radius 3 is 2.92 bits per heavy atom. The summed E-state index contributed by atoms with van der Waals surface area (Å²) in [5.41, 5.74) is 1.57. The highest BCUT2D eigenvalue weighted by Gasteiger charge is 2.09. The number of hydrogen-bond donors (Lipinski definition) is 1. The summed E-state index contributed by atoms with van der Waals surface area (Å²) >= 11 is 13.6. The molecule has 0 atom stereocenters. The standard InChI is InChI=1S/C17H12Cl2N4OS/c18-14-3-1-2-11(16(14)19)8-13-9-21-17(25-13)23-15(24)5-4-12-6-7-20-10-22-12/h1-7,9-10H,8H2,(H,21,23,24). The van der Waals surface area contributed by atoms with E-state index in [-0.39, 0.29) is 5.91 Å². The van der Waals surface area contributed by atoms with Crippen LogP contribution < -0.4 is 5.32 Å². The van der Waals surface area contributed by atoms with Crippen LogP contribution >= 0.6 is 34.5 Å². The highest BCUT2D eigenvalue weighted by molar-refractivity contribution is 7.15. The molecule has 0 radical (unpaired) electrons. The number of hydrogen-bond acceptors (Lipinski definition) is 5. The number of thiazole rings is 1. The Morgan fingerprint density at radius 2 is 2.12 bits per heavy atom. The molecule has 0 fully saturated rings. The van der Waals surface area contributed by atoms with Crippen molar-refractivity contribution in [2.24, 2.45) is 0 Å². The molecule has 0 spiro atoms. The van der Waals surface area contributed by atoms with Gasteiger partial charge in [0, 0.05) is 29.8 Å². The minimum atomic E-state index is -0.277. The predicted molar refractivity (Wildman–Crippen MR) is 101 cm³/mol. The van der Waals surface area contributed by atoms with E-state index in [0.717, 1.165) is 10.4 Å². The maximum atomic E-state index is 11.9. The normalized spacial score (nSPS) is 11.0. The van der Waals surface area contributed by atoms with Crippen molar-refractivity contribution in [1.29, 1.82) is 0 Å². The van der Waals surface area contributed by atoms with Gasteiger partial charge in [0.05, 0.1) is 15.7 Å². The number of benzene rings is 1. The number of carbonyl (C=O) groups is 1. The summed E-state index contributed by atoms with van der Waals surface area (Å²) in [4.78, 5) is 24.9. The second-order valence-corrected chi connectivity index (χ2v) is 6.88. The monoisotopic (exact) mass is 390 g/mol. The fraction of sp³-hybridized carbons (Fsp3) is 0.0588. The van der Waals surface area contributed by atoms with Crippen molar-refractivity contribution in [2.75, 3.05) is 5.32 Å². The van der Waals surface area contributed by atoms with Crippen molar-refractivity contribution in [3.8, 4) is 0 Å². The molecule has 0 aliphatic carbocycles. The molecule has 5 nitrogen and oxygen atoms in total. The Bertz CT molecular complexity index is 912. The van der Waals surface area contributed by atoms with Crippen LogP contribution in [0.1, 0.15) is 16.1 Å². The number of amides is 1. The molecule has 2 heterocycles. The molecule has 1 aromatic carbocycles. The highest BCUT2D eigenvalue weighted by atomic mass is 35.5. The molecule has 25 heavy (non-hydrogen) atoms. The van der Waals surface area contributed by atoms with E-state index in [2.05, 4.69) is 20.3 Å². The number of nitrogens with one attached hydrogen (secondary N) is 1. The van der Waals surface area contributed by atoms with Gasteiger partial charge in [0.1, 0.15) is 6.33 Å². The van der Waals surface area contributed by atoms with Gasteiger partial charge in [-0.15, -0.1) is 11.3 Å². The molecule has 0 aliphatic heterocycles. The van der Waals surface area contributed by atoms with Gasteiger partial charge in [0.15, 0.2) is 5.13 Å². The third-order valence-corrected chi connectivity index (χ3v) is 4.96. The number of rotatable bonds is 5. The van der Waals surface area contributed by atoms with Gasteiger partial charge >= 0.3 is 0 Å². The SMILES string of the molecule is O=C(C=Cc1ccncn1)Nc1ncc(Cc2cccc(Cl)c2Cl)s1. The number of halogens is 2. The van der Waals surface area contributed by atoms with E-state index in [1.54, 1.807) is 30.6 Å². The van der Waals surface area contributed by atoms with Crippen LogP contribution in [0.5, 0.6) is 0 Å². The van der Waals surface area contributed by atoms with Gasteiger partial charge in [0.25, 0.3) is 0 Å². The largest absolute Gasteiger partial charge is 0.298 e. The molecular formula is C17H12Cl2N4OS. The fourth-order valence-corrected chi connectivity index (χ4v) is 3.25. The molecule has 0 aliphatic rings. The minimum absolute atomic E-state index is 0.277. The van der Waals surface area contributed by atoms with Crippen molar-refractivity contribution >= 4 is 51.7 Å². The minimum Gasteiger partial charge on any atom is -0.298 e. The second-order valence-electron chi connectivity index (χ2n) is 4.98. The average Bonchev–Trinajstić information content (AvgIpc) is 3.05. The van der Waals surface area contributed by atoms with Crippen molar-refractivity contribution in [1.82, 2.24) is 15.0 Å². The van der Waals surface area contributed by atoms with Gasteiger partial charge in [-0.2, -0.15) is 0 Å². The van der Waals surface area contributed by atoms with E-state index in [0.29, 0.717) is 27.3 Å². The summed E-state index contributed by atoms with van der Waals surface area (Å²) in [6.07, 6.45) is 8.36. The van der Waals surface area contributed by atoms with Gasteiger partial charge in [-0.25, -0.2) is 15.0 Å². The maximum absolute atomic E-state index is 11.9. The predicted octanol–water partition coefficient (Wildman–Crippen LogP) is 4.48. The van der Waals surface area contributed by atoms with Gasteiger partial charge in [-0.1, -0.05) is 35.3 Å². The molecule has 0 bridgehead atoms. The summed E-state index contributed by atoms with van der Waals surface area (Å²) in [6, 6.07) is 7.22. The molecule has 126 valence electrons. The summed E-state index contributed by atoms with van der Waals surface area (Å²) in [6.45, 7) is 0. The van der Waals surface area contributed by atoms with E-state index in [9.17, 15) is 4.79 Å². The van der Waals surface area contributed by atoms with Crippen molar-refractivity contribution < 1.29 is 4.79 Å². The maximum Gasteiger partial charge on any atom is 0.250 e. The van der Waals surface area contributed by atoms with Crippen LogP contribution in [0.25, 0.3) is 6.08 Å². The third kappa shape index (κ3) is 4.85. The Morgan fingerprint density at radius 1 is 1.24 bits per heavy atom. The molecule has 8 heteroatoms. The van der Waals surface area contributed by atoms with Crippen LogP contribution in [0.4, 0.5) is 5.13 Å². The van der Waals surface area contributed by atoms with Crippen LogP contribution in [0.15, 0.2) is 49.1 Å². The first-order chi connectivity index (χ1) is 12.1. The van der Waals surface area contributed by atoms with E-state index in [1.165, 1.54) is 23.7 Å². The molecule has 3 rings (SSSR count). The molecule has 2 aromatic heterocycles. The van der Waals surface area contributed by atoms with Crippen molar-refractivity contribution in [2.45, 2.75) is 6.42 Å². The van der Waals surface area contributed by atoms with Crippen LogP contribution in [0.3, 0.4) is 0 Å². The van der Waals surface area contributed by atoms with E-state index in [1.807, 2.05) is 12.1 Å². The molecule has 1 amide bonds. The molecule has 3 aromatic rings. The summed E-state index contributed by atoms with van der Waals surface area (Å²) in [5, 5.41) is 4.30. The van der Waals surface area contributed by atoms with E-state index < -0.39 is 0 Å². The van der Waals surface area contributed by atoms with Crippen LogP contribution in [0.2, 0.25) is 10.0 Å². The van der Waals surface area contributed by atoms with Gasteiger partial charge in [-0.3, -0.25) is 10.1 Å². The zero-order chi connectivity index (χ0) is 17.6. The zero-order valence-electron chi connectivity index (χ0n) is 12.8. The lowest BCUT2D eigenvalue weighted by molar-refractivity contribution is -0.111. The molecule has 1 N–H and O–H groups in total. The van der Waals surface area contributed by atoms with Crippen LogP contribution in [-0.2, 0) is 11.2 Å². The lowest BCUT2D eigenvalue weighted by Crippen LogP contribution is -2.07. The summed E-state index contributed by atoms with van der Waals surface area (Å²) < 4.78 is 0.